The molecule has 0 radical (unpaired) electrons. The van der Waals surface area contributed by atoms with E-state index in [1.54, 1.807) is 24.3 Å². The molecule has 3 N–H and O–H groups in total. The molecular weight excluding hydrogens is 234 g/mol. The van der Waals surface area contributed by atoms with Crippen molar-refractivity contribution >= 4 is 18.3 Å². The van der Waals surface area contributed by atoms with Gasteiger partial charge in [0.05, 0.1) is 5.56 Å². The van der Waals surface area contributed by atoms with E-state index in [9.17, 15) is 9.59 Å². The lowest BCUT2D eigenvalue weighted by molar-refractivity contribution is 0.100. The number of halogens is 1. The highest BCUT2D eigenvalue weighted by molar-refractivity contribution is 5.98. The summed E-state index contributed by atoms with van der Waals surface area (Å²) >= 11 is 0. The quantitative estimate of drug-likeness (QED) is 0.801. The largest absolute Gasteiger partial charge is 0.439 e. The Balaban J connectivity index is 0.00000128. The molecule has 0 aliphatic rings. The predicted molar refractivity (Wildman–Crippen MR) is 58.3 cm³/mol. The van der Waals surface area contributed by atoms with Gasteiger partial charge in [-0.1, -0.05) is 23.4 Å². The zero-order valence-corrected chi connectivity index (χ0v) is 8.78. The number of nitrogens with one attached hydrogen (secondary N) is 1. The fraction of sp³-hybridized carbons (Fsp3) is 0. The Morgan fingerprint density at radius 1 is 1.38 bits per heavy atom. The molecule has 0 bridgehead atoms. The minimum atomic E-state index is -0.677. The first kappa shape index (κ1) is 12.0. The zero-order chi connectivity index (χ0) is 10.8. The van der Waals surface area contributed by atoms with E-state index in [-0.39, 0.29) is 23.8 Å². The normalized spacial score (nSPS) is 9.50. The molecule has 0 saturated heterocycles. The van der Waals surface area contributed by atoms with Gasteiger partial charge in [-0.05, 0) is 6.07 Å². The third kappa shape index (κ3) is 2.12. The number of hydrogen-bond donors (Lipinski definition) is 2. The Labute approximate surface area is 95.9 Å². The van der Waals surface area contributed by atoms with Crippen LogP contribution in [0.5, 0.6) is 0 Å². The number of aromatic nitrogens is 2. The van der Waals surface area contributed by atoms with Crippen LogP contribution in [0.2, 0.25) is 0 Å². The topological polar surface area (TPSA) is 102 Å². The molecule has 84 valence electrons. The van der Waals surface area contributed by atoms with Crippen LogP contribution in [0, 0.1) is 0 Å². The fourth-order valence-corrected chi connectivity index (χ4v) is 1.25. The van der Waals surface area contributed by atoms with Crippen LogP contribution in [0.4, 0.5) is 0 Å². The maximum absolute atomic E-state index is 11.1. The molecule has 0 saturated carbocycles. The molecule has 0 atom stereocenters. The first-order valence-electron chi connectivity index (χ1n) is 4.13. The number of amides is 1. The lowest BCUT2D eigenvalue weighted by Crippen LogP contribution is -2.12. The fourth-order valence-electron chi connectivity index (χ4n) is 1.25. The SMILES string of the molecule is Cl.NC(=O)c1ccccc1-c1noc(=O)[nH]1. The number of nitrogens with two attached hydrogens (primary N) is 1. The standard InChI is InChI=1S/C9H7N3O3.ClH/c10-7(13)5-3-1-2-4-6(5)8-11-9(14)15-12-8;/h1-4H,(H2,10,13)(H,11,12,14);1H. The van der Waals surface area contributed by atoms with Gasteiger partial charge in [-0.2, -0.15) is 0 Å². The van der Waals surface area contributed by atoms with Crippen molar-refractivity contribution in [1.82, 2.24) is 10.1 Å². The smallest absolute Gasteiger partial charge is 0.366 e. The van der Waals surface area contributed by atoms with E-state index in [0.717, 1.165) is 0 Å². The summed E-state index contributed by atoms with van der Waals surface area (Å²) in [6, 6.07) is 6.54. The third-order valence-corrected chi connectivity index (χ3v) is 1.89. The minimum Gasteiger partial charge on any atom is -0.366 e. The summed E-state index contributed by atoms with van der Waals surface area (Å²) in [6.45, 7) is 0. The highest BCUT2D eigenvalue weighted by atomic mass is 35.5. The molecule has 6 nitrogen and oxygen atoms in total. The van der Waals surface area contributed by atoms with Crippen LogP contribution >= 0.6 is 12.4 Å². The van der Waals surface area contributed by atoms with Gasteiger partial charge in [-0.15, -0.1) is 12.4 Å². The van der Waals surface area contributed by atoms with Gasteiger partial charge >= 0.3 is 5.76 Å². The second-order valence-electron chi connectivity index (χ2n) is 2.85. The van der Waals surface area contributed by atoms with Crippen LogP contribution in [-0.2, 0) is 0 Å². The van der Waals surface area contributed by atoms with Crippen LogP contribution in [-0.4, -0.2) is 16.0 Å². The van der Waals surface area contributed by atoms with Crippen molar-refractivity contribution in [2.75, 3.05) is 0 Å². The van der Waals surface area contributed by atoms with Crippen molar-refractivity contribution in [1.29, 1.82) is 0 Å². The summed E-state index contributed by atoms with van der Waals surface area (Å²) < 4.78 is 4.34. The van der Waals surface area contributed by atoms with E-state index in [4.69, 9.17) is 5.73 Å². The van der Waals surface area contributed by atoms with E-state index in [0.29, 0.717) is 5.56 Å². The molecule has 0 spiro atoms. The summed E-state index contributed by atoms with van der Waals surface area (Å²) in [5, 5.41) is 3.48. The van der Waals surface area contributed by atoms with Gasteiger partial charge in [-0.3, -0.25) is 14.3 Å². The van der Waals surface area contributed by atoms with Gasteiger partial charge in [0, 0.05) is 5.56 Å². The Morgan fingerprint density at radius 3 is 2.62 bits per heavy atom. The minimum absolute atomic E-state index is 0. The van der Waals surface area contributed by atoms with Crippen LogP contribution in [0.25, 0.3) is 11.4 Å². The van der Waals surface area contributed by atoms with Crippen LogP contribution in [0.3, 0.4) is 0 Å². The number of carbonyl (C=O) groups excluding carboxylic acids is 1. The molecule has 0 fully saturated rings. The maximum Gasteiger partial charge on any atom is 0.439 e. The van der Waals surface area contributed by atoms with Crippen LogP contribution in [0.1, 0.15) is 10.4 Å². The summed E-state index contributed by atoms with van der Waals surface area (Å²) in [5.41, 5.74) is 5.89. The number of hydrogen-bond acceptors (Lipinski definition) is 4. The van der Waals surface area contributed by atoms with Crippen LogP contribution in [0.15, 0.2) is 33.6 Å². The second kappa shape index (κ2) is 4.63. The molecule has 0 unspecified atom stereocenters. The molecule has 16 heavy (non-hydrogen) atoms. The second-order valence-corrected chi connectivity index (χ2v) is 2.85. The maximum atomic E-state index is 11.1. The Bertz CT molecular complexity index is 561. The molecule has 7 heteroatoms. The number of rotatable bonds is 2. The number of primary amides is 1. The monoisotopic (exact) mass is 241 g/mol. The number of aromatic amines is 1. The first-order chi connectivity index (χ1) is 7.18. The van der Waals surface area contributed by atoms with E-state index < -0.39 is 11.7 Å². The van der Waals surface area contributed by atoms with Crippen LogP contribution < -0.4 is 11.5 Å². The molecule has 2 rings (SSSR count). The van der Waals surface area contributed by atoms with Crippen molar-refractivity contribution in [3.63, 3.8) is 0 Å². The van der Waals surface area contributed by atoms with E-state index >= 15 is 0 Å². The molecule has 1 heterocycles. The average molecular weight is 242 g/mol. The Hall–Kier alpha value is -2.08. The molecule has 1 aromatic heterocycles. The molecule has 2 aromatic rings. The molecule has 1 aromatic carbocycles. The molecular formula is C9H8ClN3O3. The average Bonchev–Trinajstić information content (AvgIpc) is 2.65. The van der Waals surface area contributed by atoms with Gasteiger partial charge in [-0.25, -0.2) is 4.79 Å². The number of nitrogens with zero attached hydrogens (tertiary/aromatic N) is 1. The van der Waals surface area contributed by atoms with Gasteiger partial charge in [0.1, 0.15) is 0 Å². The highest BCUT2D eigenvalue weighted by Crippen LogP contribution is 2.18. The van der Waals surface area contributed by atoms with Crippen molar-refractivity contribution in [3.8, 4) is 11.4 Å². The molecule has 0 aliphatic heterocycles. The number of H-pyrrole nitrogens is 1. The van der Waals surface area contributed by atoms with Crippen molar-refractivity contribution in [2.45, 2.75) is 0 Å². The number of benzene rings is 1. The van der Waals surface area contributed by atoms with E-state index in [1.807, 2.05) is 0 Å². The summed E-state index contributed by atoms with van der Waals surface area (Å²) in [4.78, 5) is 24.2. The predicted octanol–water partition coefficient (Wildman–Crippen LogP) is 0.551. The highest BCUT2D eigenvalue weighted by Gasteiger charge is 2.12. The van der Waals surface area contributed by atoms with E-state index in [1.165, 1.54) is 0 Å². The lowest BCUT2D eigenvalue weighted by atomic mass is 10.1. The Kier molecular flexibility index (Phi) is 3.47. The summed E-state index contributed by atoms with van der Waals surface area (Å²) in [7, 11) is 0. The summed E-state index contributed by atoms with van der Waals surface area (Å²) in [5.74, 6) is -1.08. The molecule has 1 amide bonds. The first-order valence-corrected chi connectivity index (χ1v) is 4.13. The van der Waals surface area contributed by atoms with Gasteiger partial charge in [0.2, 0.25) is 5.91 Å². The van der Waals surface area contributed by atoms with Crippen molar-refractivity contribution in [2.24, 2.45) is 5.73 Å². The lowest BCUT2D eigenvalue weighted by Gasteiger charge is -2.00. The van der Waals surface area contributed by atoms with Gasteiger partial charge in [0.15, 0.2) is 5.82 Å². The van der Waals surface area contributed by atoms with E-state index in [2.05, 4.69) is 14.7 Å². The Morgan fingerprint density at radius 2 is 2.06 bits per heavy atom. The van der Waals surface area contributed by atoms with Gasteiger partial charge < -0.3 is 5.73 Å². The third-order valence-electron chi connectivity index (χ3n) is 1.89. The van der Waals surface area contributed by atoms with Gasteiger partial charge in [0.25, 0.3) is 0 Å². The molecule has 0 aliphatic carbocycles. The van der Waals surface area contributed by atoms with Crippen molar-refractivity contribution in [3.05, 3.63) is 40.4 Å². The summed E-state index contributed by atoms with van der Waals surface area (Å²) in [6.07, 6.45) is 0. The van der Waals surface area contributed by atoms with Crippen molar-refractivity contribution < 1.29 is 9.32 Å². The zero-order valence-electron chi connectivity index (χ0n) is 7.97. The number of carbonyl (C=O) groups is 1.